The van der Waals surface area contributed by atoms with Gasteiger partial charge in [0.25, 0.3) is 0 Å². The summed E-state index contributed by atoms with van der Waals surface area (Å²) in [6.07, 6.45) is 0. The van der Waals surface area contributed by atoms with E-state index in [2.05, 4.69) is 24.8 Å². The van der Waals surface area contributed by atoms with Crippen LogP contribution in [0, 0.1) is 0 Å². The van der Waals surface area contributed by atoms with Crippen LogP contribution in [0.1, 0.15) is 11.5 Å². The molecular weight excluding hydrogens is 252 g/mol. The second-order valence-corrected chi connectivity index (χ2v) is 7.15. The van der Waals surface area contributed by atoms with Gasteiger partial charge in [-0.15, -0.1) is 0 Å². The van der Waals surface area contributed by atoms with Crippen molar-refractivity contribution < 1.29 is 13.3 Å². The Labute approximate surface area is 110 Å². The molecule has 0 spiro atoms. The van der Waals surface area contributed by atoms with Crippen LogP contribution in [-0.4, -0.2) is 35.9 Å². The lowest BCUT2D eigenvalue weighted by Gasteiger charge is -2.28. The molecule has 1 unspecified atom stereocenters. The fourth-order valence-corrected chi connectivity index (χ4v) is 4.38. The highest BCUT2D eigenvalue weighted by molar-refractivity contribution is 7.80. The molecule has 0 saturated heterocycles. The SMILES string of the molecule is CO[Si](CC(CS)c1ccccc1)(OC)OC. The van der Waals surface area contributed by atoms with Crippen LogP contribution in [0.15, 0.2) is 30.3 Å². The van der Waals surface area contributed by atoms with Gasteiger partial charge in [-0.3, -0.25) is 0 Å². The Kier molecular flexibility index (Phi) is 6.22. The molecule has 0 aliphatic carbocycles. The summed E-state index contributed by atoms with van der Waals surface area (Å²) in [5, 5.41) is 0. The lowest BCUT2D eigenvalue weighted by molar-refractivity contribution is 0.122. The molecule has 0 N–H and O–H groups in total. The summed E-state index contributed by atoms with van der Waals surface area (Å²) >= 11 is 4.41. The van der Waals surface area contributed by atoms with E-state index in [-0.39, 0.29) is 5.92 Å². The van der Waals surface area contributed by atoms with Gasteiger partial charge in [0, 0.05) is 27.4 Å². The van der Waals surface area contributed by atoms with E-state index in [1.54, 1.807) is 21.3 Å². The third-order valence-corrected chi connectivity index (χ3v) is 6.22. The highest BCUT2D eigenvalue weighted by Gasteiger charge is 2.40. The zero-order chi connectivity index (χ0) is 12.7. The summed E-state index contributed by atoms with van der Waals surface area (Å²) in [5.74, 6) is 1.03. The highest BCUT2D eigenvalue weighted by atomic mass is 32.1. The maximum Gasteiger partial charge on any atom is 0.500 e. The molecule has 0 saturated carbocycles. The van der Waals surface area contributed by atoms with E-state index in [9.17, 15) is 0 Å². The van der Waals surface area contributed by atoms with Crippen LogP contribution in [0.4, 0.5) is 0 Å². The summed E-state index contributed by atoms with van der Waals surface area (Å²) in [7, 11) is 2.38. The van der Waals surface area contributed by atoms with Gasteiger partial charge in [0.15, 0.2) is 0 Å². The molecule has 17 heavy (non-hydrogen) atoms. The second kappa shape index (κ2) is 7.18. The first-order valence-corrected chi connectivity index (χ1v) is 8.09. The molecule has 0 radical (unpaired) electrons. The molecule has 0 aliphatic heterocycles. The fourth-order valence-electron chi connectivity index (χ4n) is 1.81. The lowest BCUT2D eigenvalue weighted by atomic mass is 10.0. The monoisotopic (exact) mass is 272 g/mol. The van der Waals surface area contributed by atoms with Crippen molar-refractivity contribution in [1.82, 2.24) is 0 Å². The van der Waals surface area contributed by atoms with E-state index < -0.39 is 8.80 Å². The van der Waals surface area contributed by atoms with Crippen LogP contribution < -0.4 is 0 Å². The van der Waals surface area contributed by atoms with Crippen molar-refractivity contribution in [2.24, 2.45) is 0 Å². The third kappa shape index (κ3) is 3.82. The molecule has 1 aromatic carbocycles. The summed E-state index contributed by atoms with van der Waals surface area (Å²) in [5.41, 5.74) is 1.24. The fraction of sp³-hybridized carbons (Fsp3) is 0.500. The number of hydrogen-bond donors (Lipinski definition) is 1. The van der Waals surface area contributed by atoms with Crippen molar-refractivity contribution in [3.8, 4) is 0 Å². The van der Waals surface area contributed by atoms with E-state index >= 15 is 0 Å². The van der Waals surface area contributed by atoms with Crippen molar-refractivity contribution >= 4 is 21.4 Å². The number of hydrogen-bond acceptors (Lipinski definition) is 4. The van der Waals surface area contributed by atoms with E-state index in [1.165, 1.54) is 5.56 Å². The Hall–Kier alpha value is -0.333. The van der Waals surface area contributed by atoms with Crippen LogP contribution in [0.25, 0.3) is 0 Å². The van der Waals surface area contributed by atoms with Crippen molar-refractivity contribution in [3.05, 3.63) is 35.9 Å². The van der Waals surface area contributed by atoms with Gasteiger partial charge in [0.05, 0.1) is 0 Å². The van der Waals surface area contributed by atoms with Crippen LogP contribution in [-0.2, 0) is 13.3 Å². The third-order valence-electron chi connectivity index (χ3n) is 2.92. The van der Waals surface area contributed by atoms with Crippen molar-refractivity contribution in [2.75, 3.05) is 27.1 Å². The van der Waals surface area contributed by atoms with Crippen LogP contribution in [0.3, 0.4) is 0 Å². The van der Waals surface area contributed by atoms with Crippen molar-refractivity contribution in [1.29, 1.82) is 0 Å². The first kappa shape index (κ1) is 14.7. The molecule has 0 bridgehead atoms. The first-order valence-electron chi connectivity index (χ1n) is 5.52. The molecule has 1 atom stereocenters. The predicted molar refractivity (Wildman–Crippen MR) is 74.6 cm³/mol. The quantitative estimate of drug-likeness (QED) is 0.611. The Morgan fingerprint density at radius 3 is 2.00 bits per heavy atom. The maximum absolute atomic E-state index is 5.45. The molecule has 1 aromatic rings. The second-order valence-electron chi connectivity index (χ2n) is 3.79. The Balaban J connectivity index is 2.82. The smallest absolute Gasteiger partial charge is 0.377 e. The molecule has 0 heterocycles. The highest BCUT2D eigenvalue weighted by Crippen LogP contribution is 2.28. The van der Waals surface area contributed by atoms with Crippen LogP contribution >= 0.6 is 12.6 Å². The normalized spacial score (nSPS) is 13.6. The molecule has 96 valence electrons. The van der Waals surface area contributed by atoms with Gasteiger partial charge < -0.3 is 13.3 Å². The Bertz CT molecular complexity index is 309. The van der Waals surface area contributed by atoms with Gasteiger partial charge in [-0.05, 0) is 17.2 Å². The first-order chi connectivity index (χ1) is 8.21. The minimum Gasteiger partial charge on any atom is -0.377 e. The summed E-state index contributed by atoms with van der Waals surface area (Å²) in [4.78, 5) is 0. The topological polar surface area (TPSA) is 27.7 Å². The van der Waals surface area contributed by atoms with Gasteiger partial charge in [0.1, 0.15) is 0 Å². The number of rotatable bonds is 7. The average Bonchev–Trinajstić information content (AvgIpc) is 2.42. The summed E-state index contributed by atoms with van der Waals surface area (Å²) in [6.45, 7) is 0. The standard InChI is InChI=1S/C12H20O3SSi/c1-13-17(14-2,15-3)10-12(9-16)11-7-5-4-6-8-11/h4-8,12,16H,9-10H2,1-3H3. The van der Waals surface area contributed by atoms with Crippen molar-refractivity contribution in [3.63, 3.8) is 0 Å². The number of benzene rings is 1. The minimum absolute atomic E-state index is 0.283. The van der Waals surface area contributed by atoms with E-state index in [0.717, 1.165) is 11.8 Å². The zero-order valence-electron chi connectivity index (χ0n) is 10.6. The lowest BCUT2D eigenvalue weighted by Crippen LogP contribution is -2.44. The number of thiol groups is 1. The maximum atomic E-state index is 5.45. The van der Waals surface area contributed by atoms with Crippen molar-refractivity contribution in [2.45, 2.75) is 12.0 Å². The molecule has 0 amide bonds. The molecule has 0 fully saturated rings. The van der Waals surface area contributed by atoms with E-state index in [4.69, 9.17) is 13.3 Å². The Morgan fingerprint density at radius 2 is 1.59 bits per heavy atom. The predicted octanol–water partition coefficient (Wildman–Crippen LogP) is 2.58. The van der Waals surface area contributed by atoms with E-state index in [1.807, 2.05) is 18.2 Å². The molecule has 0 aromatic heterocycles. The Morgan fingerprint density at radius 1 is 1.06 bits per heavy atom. The average molecular weight is 272 g/mol. The molecule has 0 aliphatic rings. The summed E-state index contributed by atoms with van der Waals surface area (Å²) < 4.78 is 16.4. The summed E-state index contributed by atoms with van der Waals surface area (Å²) in [6, 6.07) is 11.0. The molecular formula is C12H20O3SSi. The van der Waals surface area contributed by atoms with Gasteiger partial charge in [-0.1, -0.05) is 30.3 Å². The molecule has 1 rings (SSSR count). The van der Waals surface area contributed by atoms with Crippen LogP contribution in [0.2, 0.25) is 6.04 Å². The largest absolute Gasteiger partial charge is 0.500 e. The van der Waals surface area contributed by atoms with Crippen LogP contribution in [0.5, 0.6) is 0 Å². The van der Waals surface area contributed by atoms with E-state index in [0.29, 0.717) is 0 Å². The van der Waals surface area contributed by atoms with Gasteiger partial charge in [0.2, 0.25) is 0 Å². The molecule has 3 nitrogen and oxygen atoms in total. The van der Waals surface area contributed by atoms with Gasteiger partial charge in [-0.2, -0.15) is 12.6 Å². The van der Waals surface area contributed by atoms with Gasteiger partial charge >= 0.3 is 8.80 Å². The van der Waals surface area contributed by atoms with Gasteiger partial charge in [-0.25, -0.2) is 0 Å². The molecule has 5 heteroatoms. The zero-order valence-corrected chi connectivity index (χ0v) is 12.4. The minimum atomic E-state index is -2.53.